The van der Waals surface area contributed by atoms with Crippen molar-refractivity contribution in [2.45, 2.75) is 101 Å². The van der Waals surface area contributed by atoms with Gasteiger partial charge in [-0.1, -0.05) is 57.8 Å². The Bertz CT molecular complexity index is 522. The fourth-order valence-corrected chi connectivity index (χ4v) is 3.64. The van der Waals surface area contributed by atoms with Gasteiger partial charge in [-0.25, -0.2) is 4.79 Å². The van der Waals surface area contributed by atoms with Gasteiger partial charge in [-0.3, -0.25) is 4.55 Å². The lowest BCUT2D eigenvalue weighted by Crippen LogP contribution is -2.36. The van der Waals surface area contributed by atoms with Gasteiger partial charge < -0.3 is 10.1 Å². The summed E-state index contributed by atoms with van der Waals surface area (Å²) >= 11 is 0. The Labute approximate surface area is 161 Å². The number of unbranched alkanes of at least 4 members (excludes halogenated alkanes) is 7. The third kappa shape index (κ3) is 10.8. The monoisotopic (exact) mass is 413 g/mol. The van der Waals surface area contributed by atoms with E-state index in [-0.39, 0.29) is 18.6 Å². The van der Waals surface area contributed by atoms with Crippen LogP contribution >= 0.6 is 0 Å². The molecule has 2 N–H and O–H groups in total. The van der Waals surface area contributed by atoms with Gasteiger partial charge in [0.2, 0.25) is 0 Å². The lowest BCUT2D eigenvalue weighted by atomic mass is 9.96. The first kappa shape index (κ1) is 24.1. The van der Waals surface area contributed by atoms with Crippen molar-refractivity contribution in [3.63, 3.8) is 0 Å². The molecule has 0 unspecified atom stereocenters. The van der Waals surface area contributed by atoms with Gasteiger partial charge >= 0.3 is 21.5 Å². The molecule has 0 aliphatic heterocycles. The van der Waals surface area contributed by atoms with Crippen LogP contribution in [0.4, 0.5) is 13.6 Å². The van der Waals surface area contributed by atoms with Crippen LogP contribution in [0.2, 0.25) is 0 Å². The average molecular weight is 414 g/mol. The Morgan fingerprint density at radius 1 is 0.963 bits per heavy atom. The van der Waals surface area contributed by atoms with Gasteiger partial charge in [0, 0.05) is 12.5 Å². The number of alkyl halides is 2. The Morgan fingerprint density at radius 2 is 1.48 bits per heavy atom. The van der Waals surface area contributed by atoms with E-state index in [9.17, 15) is 22.0 Å². The second-order valence-electron chi connectivity index (χ2n) is 7.31. The molecule has 27 heavy (non-hydrogen) atoms. The maximum absolute atomic E-state index is 13.0. The smallest absolute Gasteiger partial charge is 0.407 e. The lowest BCUT2D eigenvalue weighted by molar-refractivity contribution is 0.0683. The average Bonchev–Trinajstić information content (AvgIpc) is 2.59. The van der Waals surface area contributed by atoms with Crippen molar-refractivity contribution in [1.82, 2.24) is 5.32 Å². The van der Waals surface area contributed by atoms with Crippen LogP contribution in [0.15, 0.2) is 0 Å². The normalized spacial score (nSPS) is 16.3. The van der Waals surface area contributed by atoms with Crippen molar-refractivity contribution in [2.24, 2.45) is 0 Å². The first-order valence-electron chi connectivity index (χ1n) is 10.0. The number of alkyl carbamates (subject to hydrolysis) is 1. The summed E-state index contributed by atoms with van der Waals surface area (Å²) in [5, 5.41) is -1.14. The van der Waals surface area contributed by atoms with Crippen LogP contribution in [0.25, 0.3) is 0 Å². The highest BCUT2D eigenvalue weighted by atomic mass is 32.2. The zero-order valence-corrected chi connectivity index (χ0v) is 16.7. The molecule has 1 amide bonds. The van der Waals surface area contributed by atoms with E-state index in [1.165, 1.54) is 6.42 Å². The zero-order chi connectivity index (χ0) is 20.2. The fourth-order valence-electron chi connectivity index (χ4n) is 3.24. The van der Waals surface area contributed by atoms with Crippen molar-refractivity contribution in [1.29, 1.82) is 0 Å². The second-order valence-corrected chi connectivity index (χ2v) is 8.85. The highest BCUT2D eigenvalue weighted by Crippen LogP contribution is 2.27. The number of amides is 1. The molecule has 0 aromatic carbocycles. The maximum Gasteiger partial charge on any atom is 0.407 e. The molecular weight excluding hydrogens is 380 g/mol. The molecule has 0 radical (unpaired) electrons. The Kier molecular flexibility index (Phi) is 11.1. The van der Waals surface area contributed by atoms with Gasteiger partial charge in [-0.05, 0) is 25.7 Å². The van der Waals surface area contributed by atoms with Crippen LogP contribution in [-0.4, -0.2) is 37.0 Å². The Morgan fingerprint density at radius 3 is 2.04 bits per heavy atom. The fraction of sp³-hybridized carbons (Fsp3) is 0.944. The number of hydrogen-bond donors (Lipinski definition) is 2. The molecule has 1 saturated carbocycles. The van der Waals surface area contributed by atoms with Gasteiger partial charge in [0.15, 0.2) is 0 Å². The molecule has 9 heteroatoms. The van der Waals surface area contributed by atoms with Crippen LogP contribution in [0.1, 0.15) is 89.9 Å². The summed E-state index contributed by atoms with van der Waals surface area (Å²) in [6.07, 6.45) is 10.4. The third-order valence-electron chi connectivity index (χ3n) is 4.90. The van der Waals surface area contributed by atoms with Gasteiger partial charge in [0.05, 0.1) is 6.61 Å². The minimum absolute atomic E-state index is 0.0662. The minimum atomic E-state index is -5.30. The lowest BCUT2D eigenvalue weighted by Gasteiger charge is -2.22. The van der Waals surface area contributed by atoms with E-state index in [4.69, 9.17) is 9.29 Å². The molecule has 6 nitrogen and oxygen atoms in total. The van der Waals surface area contributed by atoms with Crippen molar-refractivity contribution < 1.29 is 31.3 Å². The first-order valence-corrected chi connectivity index (χ1v) is 11.4. The summed E-state index contributed by atoms with van der Waals surface area (Å²) in [5.74, 6) is 0. The minimum Gasteiger partial charge on any atom is -0.450 e. The van der Waals surface area contributed by atoms with Crippen molar-refractivity contribution >= 4 is 16.2 Å². The van der Waals surface area contributed by atoms with E-state index in [2.05, 4.69) is 5.32 Å². The molecular formula is C18H33F2NO5S. The molecule has 0 aromatic heterocycles. The summed E-state index contributed by atoms with van der Waals surface area (Å²) in [7, 11) is -5.30. The molecule has 0 spiro atoms. The highest BCUT2D eigenvalue weighted by Gasteiger charge is 2.42. The Balaban J connectivity index is 1.88. The van der Waals surface area contributed by atoms with Crippen LogP contribution < -0.4 is 5.32 Å². The van der Waals surface area contributed by atoms with Gasteiger partial charge in [0.25, 0.3) is 0 Å². The number of carbonyl (C=O) groups excluding carboxylic acids is 1. The predicted molar refractivity (Wildman–Crippen MR) is 99.4 cm³/mol. The van der Waals surface area contributed by atoms with Crippen molar-refractivity contribution in [2.75, 3.05) is 6.61 Å². The van der Waals surface area contributed by atoms with E-state index in [0.717, 1.165) is 64.2 Å². The molecule has 0 heterocycles. The number of ether oxygens (including phenoxy) is 1. The molecule has 1 rings (SSSR count). The number of nitrogens with one attached hydrogen (secondary N) is 1. The molecule has 0 aromatic rings. The van der Waals surface area contributed by atoms with Crippen molar-refractivity contribution in [3.8, 4) is 0 Å². The number of hydrogen-bond acceptors (Lipinski definition) is 4. The summed E-state index contributed by atoms with van der Waals surface area (Å²) < 4.78 is 60.5. The largest absolute Gasteiger partial charge is 0.450 e. The van der Waals surface area contributed by atoms with Crippen LogP contribution in [0.3, 0.4) is 0 Å². The topological polar surface area (TPSA) is 92.7 Å². The standard InChI is InChI=1S/C18H33F2NO5S/c19-18(20,27(23,24)25)14-10-5-3-1-2-4-6-11-15-26-17(22)21-16-12-8-7-9-13-16/h16H,1-15H2,(H,21,22)(H,23,24,25). The number of rotatable bonds is 13. The summed E-state index contributed by atoms with van der Waals surface area (Å²) in [6.45, 7) is 0.406. The van der Waals surface area contributed by atoms with E-state index in [0.29, 0.717) is 13.0 Å². The molecule has 1 aliphatic carbocycles. The van der Waals surface area contributed by atoms with E-state index in [1.807, 2.05) is 0 Å². The van der Waals surface area contributed by atoms with Crippen LogP contribution in [0, 0.1) is 0 Å². The molecule has 0 bridgehead atoms. The zero-order valence-electron chi connectivity index (χ0n) is 15.9. The molecule has 1 fully saturated rings. The van der Waals surface area contributed by atoms with Crippen molar-refractivity contribution in [3.05, 3.63) is 0 Å². The number of halogens is 2. The highest BCUT2D eigenvalue weighted by molar-refractivity contribution is 7.86. The first-order chi connectivity index (χ1) is 12.7. The molecule has 1 aliphatic rings. The molecule has 160 valence electrons. The molecule has 0 saturated heterocycles. The van der Waals surface area contributed by atoms with Crippen LogP contribution in [0.5, 0.6) is 0 Å². The van der Waals surface area contributed by atoms with Gasteiger partial charge in [-0.2, -0.15) is 17.2 Å². The maximum atomic E-state index is 13.0. The Hall–Kier alpha value is -0.960. The summed E-state index contributed by atoms with van der Waals surface area (Å²) in [5.41, 5.74) is 0. The van der Waals surface area contributed by atoms with E-state index in [1.54, 1.807) is 0 Å². The molecule has 0 atom stereocenters. The van der Waals surface area contributed by atoms with Gasteiger partial charge in [-0.15, -0.1) is 0 Å². The van der Waals surface area contributed by atoms with Gasteiger partial charge in [0.1, 0.15) is 0 Å². The second kappa shape index (κ2) is 12.5. The third-order valence-corrected chi connectivity index (χ3v) is 5.86. The quantitative estimate of drug-likeness (QED) is 0.326. The SMILES string of the molecule is O=C(NC1CCCCC1)OCCCCCCCCCCC(F)(F)S(=O)(=O)O. The van der Waals surface area contributed by atoms with E-state index < -0.39 is 21.8 Å². The predicted octanol–water partition coefficient (Wildman–Crippen LogP) is 5.04. The number of carbonyl (C=O) groups is 1. The summed E-state index contributed by atoms with van der Waals surface area (Å²) in [6, 6.07) is 0.253. The summed E-state index contributed by atoms with van der Waals surface area (Å²) in [4.78, 5) is 11.6. The van der Waals surface area contributed by atoms with E-state index >= 15 is 0 Å². The van der Waals surface area contributed by atoms with Crippen LogP contribution in [-0.2, 0) is 14.9 Å².